The second-order valence-electron chi connectivity index (χ2n) is 5.68. The highest BCUT2D eigenvalue weighted by atomic mass is 19.1. The van der Waals surface area contributed by atoms with E-state index in [4.69, 9.17) is 0 Å². The van der Waals surface area contributed by atoms with Gasteiger partial charge in [-0.3, -0.25) is 0 Å². The van der Waals surface area contributed by atoms with Crippen LogP contribution in [-0.2, 0) is 6.42 Å². The van der Waals surface area contributed by atoms with Gasteiger partial charge in [-0.15, -0.1) is 0 Å². The minimum absolute atomic E-state index is 0.152. The summed E-state index contributed by atoms with van der Waals surface area (Å²) in [5.41, 5.74) is 1.21. The molecule has 0 amide bonds. The first-order valence-corrected chi connectivity index (χ1v) is 7.18. The number of hydrogen-bond donors (Lipinski definition) is 1. The van der Waals surface area contributed by atoms with Gasteiger partial charge < -0.3 is 5.32 Å². The summed E-state index contributed by atoms with van der Waals surface area (Å²) < 4.78 is 12.8. The van der Waals surface area contributed by atoms with Gasteiger partial charge in [-0.05, 0) is 56.2 Å². The molecule has 1 aliphatic rings. The van der Waals surface area contributed by atoms with Crippen molar-refractivity contribution in [3.63, 3.8) is 0 Å². The van der Waals surface area contributed by atoms with E-state index < -0.39 is 0 Å². The standard InChI is InChI=1S/C16H24FN/c1-3-13-6-9-16(11-13)18-12(2)10-14-4-7-15(17)8-5-14/h4-5,7-8,12-13,16,18H,3,6,9-11H2,1-2H3. The lowest BCUT2D eigenvalue weighted by Crippen LogP contribution is -2.36. The third-order valence-electron chi connectivity index (χ3n) is 4.09. The van der Waals surface area contributed by atoms with Crippen LogP contribution in [0.2, 0.25) is 0 Å². The van der Waals surface area contributed by atoms with Gasteiger partial charge in [-0.2, -0.15) is 0 Å². The molecule has 1 saturated carbocycles. The molecule has 2 rings (SSSR count). The Morgan fingerprint density at radius 3 is 2.61 bits per heavy atom. The lowest BCUT2D eigenvalue weighted by atomic mass is 10.0. The average Bonchev–Trinajstić information content (AvgIpc) is 2.79. The Morgan fingerprint density at radius 2 is 2.00 bits per heavy atom. The summed E-state index contributed by atoms with van der Waals surface area (Å²) in [5, 5.41) is 3.71. The van der Waals surface area contributed by atoms with Gasteiger partial charge >= 0.3 is 0 Å². The number of nitrogens with one attached hydrogen (secondary N) is 1. The Bertz CT molecular complexity index is 360. The van der Waals surface area contributed by atoms with Crippen LogP contribution >= 0.6 is 0 Å². The first-order valence-electron chi connectivity index (χ1n) is 7.18. The molecule has 0 bridgehead atoms. The number of halogens is 1. The maximum absolute atomic E-state index is 12.8. The molecule has 3 atom stereocenters. The molecule has 1 aliphatic carbocycles. The van der Waals surface area contributed by atoms with E-state index in [0.717, 1.165) is 12.3 Å². The first kappa shape index (κ1) is 13.5. The predicted octanol–water partition coefficient (Wildman–Crippen LogP) is 3.93. The van der Waals surface area contributed by atoms with Crippen molar-refractivity contribution >= 4 is 0 Å². The fourth-order valence-corrected chi connectivity index (χ4v) is 3.03. The summed E-state index contributed by atoms with van der Waals surface area (Å²) in [6.07, 6.45) is 6.30. The van der Waals surface area contributed by atoms with Crippen LogP contribution in [0, 0.1) is 11.7 Å². The van der Waals surface area contributed by atoms with Crippen molar-refractivity contribution in [2.45, 2.75) is 58.0 Å². The van der Waals surface area contributed by atoms with Crippen molar-refractivity contribution < 1.29 is 4.39 Å². The molecule has 1 N–H and O–H groups in total. The predicted molar refractivity (Wildman–Crippen MR) is 74.1 cm³/mol. The molecule has 0 radical (unpaired) electrons. The molecule has 0 aromatic heterocycles. The number of benzene rings is 1. The van der Waals surface area contributed by atoms with Gasteiger partial charge in [0.25, 0.3) is 0 Å². The summed E-state index contributed by atoms with van der Waals surface area (Å²) in [6, 6.07) is 8.02. The van der Waals surface area contributed by atoms with Gasteiger partial charge in [0.05, 0.1) is 0 Å². The SMILES string of the molecule is CCC1CCC(NC(C)Cc2ccc(F)cc2)C1. The van der Waals surface area contributed by atoms with Crippen molar-refractivity contribution in [3.05, 3.63) is 35.6 Å². The zero-order valence-electron chi connectivity index (χ0n) is 11.5. The second kappa shape index (κ2) is 6.33. The fourth-order valence-electron chi connectivity index (χ4n) is 3.03. The lowest BCUT2D eigenvalue weighted by molar-refractivity contribution is 0.428. The molecule has 0 aliphatic heterocycles. The summed E-state index contributed by atoms with van der Waals surface area (Å²) in [5.74, 6) is 0.765. The van der Waals surface area contributed by atoms with E-state index in [1.165, 1.54) is 31.2 Å². The Balaban J connectivity index is 1.78. The van der Waals surface area contributed by atoms with Crippen LogP contribution in [0.15, 0.2) is 24.3 Å². The Kier molecular flexibility index (Phi) is 4.76. The van der Waals surface area contributed by atoms with E-state index in [1.54, 1.807) is 12.1 Å². The van der Waals surface area contributed by atoms with E-state index in [0.29, 0.717) is 12.1 Å². The highest BCUT2D eigenvalue weighted by molar-refractivity contribution is 5.17. The van der Waals surface area contributed by atoms with Crippen molar-refractivity contribution in [2.75, 3.05) is 0 Å². The molecule has 1 aromatic rings. The van der Waals surface area contributed by atoms with E-state index in [2.05, 4.69) is 19.2 Å². The quantitative estimate of drug-likeness (QED) is 0.834. The maximum Gasteiger partial charge on any atom is 0.123 e. The maximum atomic E-state index is 12.8. The molecule has 1 fully saturated rings. The van der Waals surface area contributed by atoms with Gasteiger partial charge in [0, 0.05) is 12.1 Å². The third kappa shape index (κ3) is 3.81. The normalized spacial score (nSPS) is 25.3. The Labute approximate surface area is 110 Å². The Morgan fingerprint density at radius 1 is 1.28 bits per heavy atom. The van der Waals surface area contributed by atoms with Crippen LogP contribution in [0.3, 0.4) is 0 Å². The van der Waals surface area contributed by atoms with E-state index in [9.17, 15) is 4.39 Å². The van der Waals surface area contributed by atoms with Gasteiger partial charge in [-0.1, -0.05) is 25.5 Å². The van der Waals surface area contributed by atoms with Crippen LogP contribution in [0.5, 0.6) is 0 Å². The van der Waals surface area contributed by atoms with Crippen molar-refractivity contribution in [2.24, 2.45) is 5.92 Å². The number of hydrogen-bond acceptors (Lipinski definition) is 1. The van der Waals surface area contributed by atoms with Crippen molar-refractivity contribution in [1.82, 2.24) is 5.32 Å². The molecule has 3 unspecified atom stereocenters. The number of rotatable bonds is 5. The summed E-state index contributed by atoms with van der Waals surface area (Å²) in [4.78, 5) is 0. The zero-order chi connectivity index (χ0) is 13.0. The molecule has 1 aromatic carbocycles. The van der Waals surface area contributed by atoms with Crippen molar-refractivity contribution in [3.8, 4) is 0 Å². The summed E-state index contributed by atoms with van der Waals surface area (Å²) in [6.45, 7) is 4.51. The van der Waals surface area contributed by atoms with Crippen LogP contribution in [0.1, 0.15) is 45.1 Å². The zero-order valence-corrected chi connectivity index (χ0v) is 11.5. The summed E-state index contributed by atoms with van der Waals surface area (Å²) in [7, 11) is 0. The van der Waals surface area contributed by atoms with Gasteiger partial charge in [0.1, 0.15) is 5.82 Å². The minimum Gasteiger partial charge on any atom is -0.311 e. The van der Waals surface area contributed by atoms with E-state index >= 15 is 0 Å². The topological polar surface area (TPSA) is 12.0 Å². The van der Waals surface area contributed by atoms with E-state index in [-0.39, 0.29) is 5.82 Å². The lowest BCUT2D eigenvalue weighted by Gasteiger charge is -2.19. The second-order valence-corrected chi connectivity index (χ2v) is 5.68. The Hall–Kier alpha value is -0.890. The van der Waals surface area contributed by atoms with Crippen LogP contribution in [0.25, 0.3) is 0 Å². The summed E-state index contributed by atoms with van der Waals surface area (Å²) >= 11 is 0. The molecule has 0 spiro atoms. The highest BCUT2D eigenvalue weighted by Crippen LogP contribution is 2.28. The molecule has 2 heteroatoms. The van der Waals surface area contributed by atoms with Gasteiger partial charge in [0.2, 0.25) is 0 Å². The minimum atomic E-state index is -0.152. The van der Waals surface area contributed by atoms with Crippen LogP contribution < -0.4 is 5.32 Å². The fraction of sp³-hybridized carbons (Fsp3) is 0.625. The smallest absolute Gasteiger partial charge is 0.123 e. The third-order valence-corrected chi connectivity index (χ3v) is 4.09. The first-order chi connectivity index (χ1) is 8.67. The van der Waals surface area contributed by atoms with E-state index in [1.807, 2.05) is 12.1 Å². The molecular formula is C16H24FN. The van der Waals surface area contributed by atoms with Gasteiger partial charge in [0.15, 0.2) is 0 Å². The van der Waals surface area contributed by atoms with Crippen molar-refractivity contribution in [1.29, 1.82) is 0 Å². The molecule has 100 valence electrons. The molecule has 18 heavy (non-hydrogen) atoms. The highest BCUT2D eigenvalue weighted by Gasteiger charge is 2.23. The van der Waals surface area contributed by atoms with Crippen LogP contribution in [0.4, 0.5) is 4.39 Å². The van der Waals surface area contributed by atoms with Gasteiger partial charge in [-0.25, -0.2) is 4.39 Å². The molecular weight excluding hydrogens is 225 g/mol. The monoisotopic (exact) mass is 249 g/mol. The molecule has 1 nitrogen and oxygen atoms in total. The largest absolute Gasteiger partial charge is 0.311 e. The molecule has 0 saturated heterocycles. The van der Waals surface area contributed by atoms with Crippen LogP contribution in [-0.4, -0.2) is 12.1 Å². The average molecular weight is 249 g/mol. The molecule has 0 heterocycles.